The number of benzene rings is 1. The molecule has 0 saturated heterocycles. The van der Waals surface area contributed by atoms with Crippen molar-refractivity contribution >= 4 is 10.9 Å². The molecule has 0 aliphatic rings. The van der Waals surface area contributed by atoms with E-state index in [-0.39, 0.29) is 13.0 Å². The molecule has 18 heavy (non-hydrogen) atoms. The Bertz CT molecular complexity index is 529. The molecule has 1 aromatic heterocycles. The summed E-state index contributed by atoms with van der Waals surface area (Å²) in [5.74, 6) is 0. The SMILES string of the molecule is CCn1nc(CC(F)(CC)CN)c2ccccc21. The zero-order valence-corrected chi connectivity index (χ0v) is 11.0. The van der Waals surface area contributed by atoms with Crippen LogP contribution in [0.4, 0.5) is 4.39 Å². The summed E-state index contributed by atoms with van der Waals surface area (Å²) in [7, 11) is 0. The van der Waals surface area contributed by atoms with Gasteiger partial charge in [-0.05, 0) is 19.4 Å². The second-order valence-corrected chi connectivity index (χ2v) is 4.66. The van der Waals surface area contributed by atoms with Crippen LogP contribution < -0.4 is 5.73 Å². The largest absolute Gasteiger partial charge is 0.328 e. The Morgan fingerprint density at radius 1 is 1.33 bits per heavy atom. The molecule has 1 atom stereocenters. The third-order valence-corrected chi connectivity index (χ3v) is 3.52. The summed E-state index contributed by atoms with van der Waals surface area (Å²) in [6, 6.07) is 7.95. The molecule has 0 fully saturated rings. The van der Waals surface area contributed by atoms with Gasteiger partial charge in [0.2, 0.25) is 0 Å². The maximum absolute atomic E-state index is 14.4. The van der Waals surface area contributed by atoms with Crippen molar-refractivity contribution in [3.8, 4) is 0 Å². The summed E-state index contributed by atoms with van der Waals surface area (Å²) in [5.41, 5.74) is 6.06. The summed E-state index contributed by atoms with van der Waals surface area (Å²) in [6.07, 6.45) is 0.699. The van der Waals surface area contributed by atoms with Crippen molar-refractivity contribution in [2.75, 3.05) is 6.54 Å². The number of nitrogens with zero attached hydrogens (tertiary/aromatic N) is 2. The molecule has 1 heterocycles. The summed E-state index contributed by atoms with van der Waals surface area (Å²) in [5, 5.41) is 5.54. The van der Waals surface area contributed by atoms with E-state index >= 15 is 0 Å². The van der Waals surface area contributed by atoms with Gasteiger partial charge >= 0.3 is 0 Å². The second-order valence-electron chi connectivity index (χ2n) is 4.66. The van der Waals surface area contributed by atoms with Crippen LogP contribution in [0.3, 0.4) is 0 Å². The van der Waals surface area contributed by atoms with Gasteiger partial charge in [0.25, 0.3) is 0 Å². The second kappa shape index (κ2) is 5.06. The van der Waals surface area contributed by atoms with E-state index in [1.807, 2.05) is 42.8 Å². The molecular weight excluding hydrogens is 229 g/mol. The zero-order valence-electron chi connectivity index (χ0n) is 11.0. The molecule has 1 aromatic carbocycles. The first-order chi connectivity index (χ1) is 8.63. The van der Waals surface area contributed by atoms with Gasteiger partial charge in [-0.1, -0.05) is 25.1 Å². The molecule has 0 aliphatic heterocycles. The van der Waals surface area contributed by atoms with E-state index in [0.717, 1.165) is 23.1 Å². The number of para-hydroxylation sites is 1. The molecule has 2 N–H and O–H groups in total. The Hall–Kier alpha value is -1.42. The number of halogens is 1. The highest BCUT2D eigenvalue weighted by atomic mass is 19.1. The molecule has 0 radical (unpaired) electrons. The fourth-order valence-electron chi connectivity index (χ4n) is 2.21. The van der Waals surface area contributed by atoms with Gasteiger partial charge in [-0.25, -0.2) is 4.39 Å². The van der Waals surface area contributed by atoms with Gasteiger partial charge in [0.05, 0.1) is 11.2 Å². The lowest BCUT2D eigenvalue weighted by Crippen LogP contribution is -2.34. The topological polar surface area (TPSA) is 43.8 Å². The van der Waals surface area contributed by atoms with Crippen molar-refractivity contribution in [1.82, 2.24) is 9.78 Å². The highest BCUT2D eigenvalue weighted by molar-refractivity contribution is 5.82. The Labute approximate surface area is 107 Å². The standard InChI is InChI=1S/C14H20FN3/c1-3-14(15,10-16)9-12-11-7-5-6-8-13(11)18(4-2)17-12/h5-8H,3-4,9-10,16H2,1-2H3. The fourth-order valence-corrected chi connectivity index (χ4v) is 2.21. The summed E-state index contributed by atoms with van der Waals surface area (Å²) < 4.78 is 16.3. The van der Waals surface area contributed by atoms with E-state index < -0.39 is 5.67 Å². The minimum absolute atomic E-state index is 0.0385. The lowest BCUT2D eigenvalue weighted by atomic mass is 9.95. The van der Waals surface area contributed by atoms with Crippen LogP contribution in [0.5, 0.6) is 0 Å². The Morgan fingerprint density at radius 2 is 2.06 bits per heavy atom. The van der Waals surface area contributed by atoms with E-state index in [1.165, 1.54) is 0 Å². The Morgan fingerprint density at radius 3 is 2.67 bits per heavy atom. The van der Waals surface area contributed by atoms with Crippen LogP contribution in [0.1, 0.15) is 26.0 Å². The van der Waals surface area contributed by atoms with Crippen LogP contribution in [0, 0.1) is 0 Å². The third kappa shape index (κ3) is 2.25. The number of alkyl halides is 1. The lowest BCUT2D eigenvalue weighted by Gasteiger charge is -2.20. The van der Waals surface area contributed by atoms with Crippen LogP contribution in [-0.2, 0) is 13.0 Å². The first kappa shape index (κ1) is 13.0. The van der Waals surface area contributed by atoms with Crippen molar-refractivity contribution in [1.29, 1.82) is 0 Å². The van der Waals surface area contributed by atoms with Gasteiger partial charge in [0, 0.05) is 24.9 Å². The van der Waals surface area contributed by atoms with Crippen molar-refractivity contribution in [3.63, 3.8) is 0 Å². The molecule has 4 heteroatoms. The van der Waals surface area contributed by atoms with Gasteiger partial charge in [0.1, 0.15) is 5.67 Å². The van der Waals surface area contributed by atoms with E-state index in [0.29, 0.717) is 6.42 Å². The normalized spacial score (nSPS) is 14.9. The fraction of sp³-hybridized carbons (Fsp3) is 0.500. The average molecular weight is 249 g/mol. The number of aryl methyl sites for hydroxylation is 1. The first-order valence-corrected chi connectivity index (χ1v) is 6.47. The number of rotatable bonds is 5. The van der Waals surface area contributed by atoms with E-state index in [2.05, 4.69) is 5.10 Å². The monoisotopic (exact) mass is 249 g/mol. The van der Waals surface area contributed by atoms with Crippen molar-refractivity contribution in [2.45, 2.75) is 38.9 Å². The van der Waals surface area contributed by atoms with Crippen LogP contribution in [0.15, 0.2) is 24.3 Å². The minimum Gasteiger partial charge on any atom is -0.328 e. The maximum Gasteiger partial charge on any atom is 0.128 e. The highest BCUT2D eigenvalue weighted by Gasteiger charge is 2.28. The average Bonchev–Trinajstić information content (AvgIpc) is 2.77. The van der Waals surface area contributed by atoms with Gasteiger partial charge in [-0.3, -0.25) is 4.68 Å². The number of nitrogens with two attached hydrogens (primary N) is 1. The summed E-state index contributed by atoms with van der Waals surface area (Å²) >= 11 is 0. The number of hydrogen-bond acceptors (Lipinski definition) is 2. The van der Waals surface area contributed by atoms with Crippen molar-refractivity contribution < 1.29 is 4.39 Å². The first-order valence-electron chi connectivity index (χ1n) is 6.47. The van der Waals surface area contributed by atoms with Crippen LogP contribution >= 0.6 is 0 Å². The minimum atomic E-state index is -1.35. The third-order valence-electron chi connectivity index (χ3n) is 3.52. The number of hydrogen-bond donors (Lipinski definition) is 1. The molecule has 2 rings (SSSR count). The smallest absolute Gasteiger partial charge is 0.128 e. The van der Waals surface area contributed by atoms with Crippen molar-refractivity contribution in [2.24, 2.45) is 5.73 Å². The molecule has 0 saturated carbocycles. The quantitative estimate of drug-likeness (QED) is 0.885. The lowest BCUT2D eigenvalue weighted by molar-refractivity contribution is 0.166. The maximum atomic E-state index is 14.4. The molecule has 3 nitrogen and oxygen atoms in total. The van der Waals surface area contributed by atoms with E-state index in [9.17, 15) is 4.39 Å². The van der Waals surface area contributed by atoms with Crippen molar-refractivity contribution in [3.05, 3.63) is 30.0 Å². The van der Waals surface area contributed by atoms with Crippen LogP contribution in [-0.4, -0.2) is 22.0 Å². The van der Waals surface area contributed by atoms with Gasteiger partial charge < -0.3 is 5.73 Å². The summed E-state index contributed by atoms with van der Waals surface area (Å²) in [4.78, 5) is 0. The molecule has 0 aliphatic carbocycles. The Kier molecular flexibility index (Phi) is 3.66. The highest BCUT2D eigenvalue weighted by Crippen LogP contribution is 2.26. The number of fused-ring (bicyclic) bond motifs is 1. The predicted molar refractivity (Wildman–Crippen MR) is 72.3 cm³/mol. The Balaban J connectivity index is 2.45. The van der Waals surface area contributed by atoms with Crippen LogP contribution in [0.2, 0.25) is 0 Å². The number of aromatic nitrogens is 2. The predicted octanol–water partition coefficient (Wildman–Crippen LogP) is 2.68. The molecule has 1 unspecified atom stereocenters. The van der Waals surface area contributed by atoms with E-state index in [4.69, 9.17) is 5.73 Å². The molecule has 0 bridgehead atoms. The van der Waals surface area contributed by atoms with Gasteiger partial charge in [-0.15, -0.1) is 0 Å². The van der Waals surface area contributed by atoms with Gasteiger partial charge in [-0.2, -0.15) is 5.10 Å². The van der Waals surface area contributed by atoms with Crippen LogP contribution in [0.25, 0.3) is 10.9 Å². The zero-order chi connectivity index (χ0) is 13.2. The molecule has 98 valence electrons. The molecule has 0 spiro atoms. The molecule has 2 aromatic rings. The van der Waals surface area contributed by atoms with Gasteiger partial charge in [0.15, 0.2) is 0 Å². The van der Waals surface area contributed by atoms with E-state index in [1.54, 1.807) is 0 Å². The summed E-state index contributed by atoms with van der Waals surface area (Å²) in [6.45, 7) is 4.69. The molecule has 0 amide bonds. The molecular formula is C14H20FN3.